The van der Waals surface area contributed by atoms with Crippen molar-refractivity contribution in [2.75, 3.05) is 5.73 Å². The molecular formula is C15H14Cl2N2O2. The van der Waals surface area contributed by atoms with Gasteiger partial charge in [-0.3, -0.25) is 4.79 Å². The highest BCUT2D eigenvalue weighted by molar-refractivity contribution is 6.39. The fraction of sp³-hybridized carbons (Fsp3) is 0.267. The van der Waals surface area contributed by atoms with E-state index in [1.54, 1.807) is 23.3 Å². The van der Waals surface area contributed by atoms with Gasteiger partial charge in [0, 0.05) is 11.6 Å². The second-order valence-corrected chi connectivity index (χ2v) is 5.91. The Morgan fingerprint density at radius 2 is 2.00 bits per heavy atom. The number of nitrogens with two attached hydrogens (primary N) is 1. The van der Waals surface area contributed by atoms with Crippen LogP contribution in [0.5, 0.6) is 0 Å². The number of amides is 1. The molecule has 4 nitrogen and oxygen atoms in total. The lowest BCUT2D eigenvalue weighted by Gasteiger charge is -2.21. The molecule has 0 radical (unpaired) electrons. The second-order valence-electron chi connectivity index (χ2n) is 5.10. The molecule has 1 heterocycles. The highest BCUT2D eigenvalue weighted by atomic mass is 35.5. The van der Waals surface area contributed by atoms with E-state index in [1.807, 2.05) is 12.1 Å². The number of anilines is 1. The van der Waals surface area contributed by atoms with E-state index in [0.29, 0.717) is 27.8 Å². The maximum Gasteiger partial charge on any atom is 0.254 e. The maximum atomic E-state index is 12.7. The number of rotatable bonds is 4. The van der Waals surface area contributed by atoms with Crippen molar-refractivity contribution in [3.05, 3.63) is 51.9 Å². The molecule has 0 aliphatic heterocycles. The molecule has 3 rings (SSSR count). The predicted molar refractivity (Wildman–Crippen MR) is 82.5 cm³/mol. The topological polar surface area (TPSA) is 59.5 Å². The van der Waals surface area contributed by atoms with Gasteiger partial charge in [0.25, 0.3) is 5.91 Å². The summed E-state index contributed by atoms with van der Waals surface area (Å²) in [7, 11) is 0. The minimum atomic E-state index is -0.113. The van der Waals surface area contributed by atoms with E-state index in [1.165, 1.54) is 0 Å². The number of hydrogen-bond acceptors (Lipinski definition) is 3. The van der Waals surface area contributed by atoms with Crippen LogP contribution in [0.3, 0.4) is 0 Å². The van der Waals surface area contributed by atoms with Gasteiger partial charge in [0.2, 0.25) is 0 Å². The Morgan fingerprint density at radius 1 is 1.33 bits per heavy atom. The summed E-state index contributed by atoms with van der Waals surface area (Å²) in [5.41, 5.74) is 6.44. The van der Waals surface area contributed by atoms with Gasteiger partial charge in [-0.1, -0.05) is 23.2 Å². The fourth-order valence-corrected chi connectivity index (χ4v) is 2.68. The zero-order valence-corrected chi connectivity index (χ0v) is 12.7. The van der Waals surface area contributed by atoms with E-state index < -0.39 is 0 Å². The predicted octanol–water partition coefficient (Wildman–Crippen LogP) is 3.97. The molecule has 1 aromatic heterocycles. The van der Waals surface area contributed by atoms with Crippen LogP contribution in [0.1, 0.15) is 29.0 Å². The zero-order chi connectivity index (χ0) is 15.0. The minimum absolute atomic E-state index is 0.113. The summed E-state index contributed by atoms with van der Waals surface area (Å²) in [6.45, 7) is 0.441. The van der Waals surface area contributed by atoms with Gasteiger partial charge in [-0.15, -0.1) is 0 Å². The van der Waals surface area contributed by atoms with Crippen LogP contribution in [0.15, 0.2) is 34.9 Å². The quantitative estimate of drug-likeness (QED) is 0.865. The summed E-state index contributed by atoms with van der Waals surface area (Å²) >= 11 is 12.0. The number of furan rings is 1. The molecule has 0 saturated heterocycles. The molecule has 6 heteroatoms. The molecule has 1 saturated carbocycles. The molecule has 110 valence electrons. The summed E-state index contributed by atoms with van der Waals surface area (Å²) in [6, 6.07) is 7.02. The van der Waals surface area contributed by atoms with Gasteiger partial charge in [0.15, 0.2) is 0 Å². The normalized spacial score (nSPS) is 14.2. The van der Waals surface area contributed by atoms with Crippen LogP contribution < -0.4 is 5.73 Å². The first-order valence-corrected chi connectivity index (χ1v) is 7.39. The Bertz CT molecular complexity index is 643. The number of benzene rings is 1. The Labute approximate surface area is 132 Å². The monoisotopic (exact) mass is 324 g/mol. The summed E-state index contributed by atoms with van der Waals surface area (Å²) in [6.07, 6.45) is 3.60. The van der Waals surface area contributed by atoms with Crippen molar-refractivity contribution < 1.29 is 9.21 Å². The van der Waals surface area contributed by atoms with Crippen LogP contribution in [0.2, 0.25) is 10.0 Å². The minimum Gasteiger partial charge on any atom is -0.467 e. The first-order valence-electron chi connectivity index (χ1n) is 6.64. The molecule has 1 amide bonds. The third-order valence-corrected chi connectivity index (χ3v) is 4.11. The molecular weight excluding hydrogens is 311 g/mol. The van der Waals surface area contributed by atoms with Gasteiger partial charge in [-0.05, 0) is 37.1 Å². The number of halogens is 2. The van der Waals surface area contributed by atoms with Crippen LogP contribution in [0.25, 0.3) is 0 Å². The number of nitrogens with zero attached hydrogens (tertiary/aromatic N) is 1. The highest BCUT2D eigenvalue weighted by Crippen LogP contribution is 2.33. The van der Waals surface area contributed by atoms with Crippen molar-refractivity contribution in [2.45, 2.75) is 25.4 Å². The van der Waals surface area contributed by atoms with Crippen LogP contribution in [-0.2, 0) is 6.54 Å². The standard InChI is InChI=1S/C15H14Cl2N2O2/c16-12-6-9(7-13(17)14(12)18)15(20)19(10-3-4-10)8-11-2-1-5-21-11/h1-2,5-7,10H,3-4,8,18H2. The van der Waals surface area contributed by atoms with E-state index in [4.69, 9.17) is 33.4 Å². The Kier molecular flexibility index (Phi) is 3.83. The van der Waals surface area contributed by atoms with Crippen molar-refractivity contribution in [1.29, 1.82) is 0 Å². The van der Waals surface area contributed by atoms with Gasteiger partial charge in [0.1, 0.15) is 5.76 Å². The summed E-state index contributed by atoms with van der Waals surface area (Å²) in [5.74, 6) is 0.639. The van der Waals surface area contributed by atoms with E-state index >= 15 is 0 Å². The SMILES string of the molecule is Nc1c(Cl)cc(C(=O)N(Cc2ccco2)C2CC2)cc1Cl. The van der Waals surface area contributed by atoms with Gasteiger partial charge < -0.3 is 15.1 Å². The average molecular weight is 325 g/mol. The number of nitrogen functional groups attached to an aromatic ring is 1. The zero-order valence-electron chi connectivity index (χ0n) is 11.2. The van der Waals surface area contributed by atoms with E-state index in [2.05, 4.69) is 0 Å². The molecule has 1 fully saturated rings. The third kappa shape index (κ3) is 3.01. The second kappa shape index (κ2) is 5.62. The lowest BCUT2D eigenvalue weighted by atomic mass is 10.1. The largest absolute Gasteiger partial charge is 0.467 e. The molecule has 1 aliphatic carbocycles. The molecule has 0 bridgehead atoms. The van der Waals surface area contributed by atoms with Crippen LogP contribution in [0, 0.1) is 0 Å². The van der Waals surface area contributed by atoms with E-state index in [0.717, 1.165) is 18.6 Å². The Morgan fingerprint density at radius 3 is 2.52 bits per heavy atom. The smallest absolute Gasteiger partial charge is 0.254 e. The van der Waals surface area contributed by atoms with Gasteiger partial charge in [-0.2, -0.15) is 0 Å². The van der Waals surface area contributed by atoms with Crippen molar-refractivity contribution in [3.8, 4) is 0 Å². The van der Waals surface area contributed by atoms with Crippen molar-refractivity contribution in [1.82, 2.24) is 4.90 Å². The third-order valence-electron chi connectivity index (χ3n) is 3.48. The van der Waals surface area contributed by atoms with Crippen molar-refractivity contribution >= 4 is 34.8 Å². The first kappa shape index (κ1) is 14.3. The lowest BCUT2D eigenvalue weighted by Crippen LogP contribution is -2.32. The average Bonchev–Trinajstić information content (AvgIpc) is 3.17. The van der Waals surface area contributed by atoms with Crippen LogP contribution in [0.4, 0.5) is 5.69 Å². The molecule has 1 aromatic carbocycles. The summed E-state index contributed by atoms with van der Waals surface area (Å²) in [5, 5.41) is 0.583. The highest BCUT2D eigenvalue weighted by Gasteiger charge is 2.34. The van der Waals surface area contributed by atoms with Gasteiger partial charge in [-0.25, -0.2) is 0 Å². The molecule has 2 N–H and O–H groups in total. The Balaban J connectivity index is 1.87. The fourth-order valence-electron chi connectivity index (χ4n) is 2.20. The van der Waals surface area contributed by atoms with Gasteiger partial charge >= 0.3 is 0 Å². The molecule has 0 unspecified atom stereocenters. The lowest BCUT2D eigenvalue weighted by molar-refractivity contribution is 0.0717. The molecule has 1 aliphatic rings. The summed E-state index contributed by atoms with van der Waals surface area (Å²) in [4.78, 5) is 14.5. The van der Waals surface area contributed by atoms with Crippen molar-refractivity contribution in [3.63, 3.8) is 0 Å². The van der Waals surface area contributed by atoms with Crippen molar-refractivity contribution in [2.24, 2.45) is 0 Å². The van der Waals surface area contributed by atoms with Crippen LogP contribution >= 0.6 is 23.2 Å². The van der Waals surface area contributed by atoms with Gasteiger partial charge in [0.05, 0.1) is 28.5 Å². The van der Waals surface area contributed by atoms with Crippen LogP contribution in [-0.4, -0.2) is 16.8 Å². The number of hydrogen-bond donors (Lipinski definition) is 1. The van der Waals surface area contributed by atoms with E-state index in [-0.39, 0.29) is 11.9 Å². The number of carbonyl (C=O) groups excluding carboxylic acids is 1. The first-order chi connectivity index (χ1) is 10.1. The molecule has 2 aromatic rings. The summed E-state index contributed by atoms with van der Waals surface area (Å²) < 4.78 is 5.33. The molecule has 21 heavy (non-hydrogen) atoms. The van der Waals surface area contributed by atoms with E-state index in [9.17, 15) is 4.79 Å². The number of carbonyl (C=O) groups is 1. The maximum absolute atomic E-state index is 12.7. The molecule has 0 spiro atoms. The Hall–Kier alpha value is -1.65. The molecule has 0 atom stereocenters.